The van der Waals surface area contributed by atoms with Crippen LogP contribution >= 0.6 is 15.9 Å². The Balaban J connectivity index is 3.14. The molecule has 0 atom stereocenters. The van der Waals surface area contributed by atoms with E-state index >= 15 is 0 Å². The van der Waals surface area contributed by atoms with Crippen LogP contribution in [0.5, 0.6) is 0 Å². The van der Waals surface area contributed by atoms with Crippen molar-refractivity contribution in [3.8, 4) is 0 Å². The fraction of sp³-hybridized carbons (Fsp3) is 0.714. The molecular weight excluding hydrogens is 248 g/mol. The average molecular weight is 273 g/mol. The second kappa shape index (κ2) is 14.0. The molecule has 0 N–H and O–H groups in total. The molecule has 0 bridgehead atoms. The van der Waals surface area contributed by atoms with Crippen molar-refractivity contribution in [2.24, 2.45) is 0 Å². The Hall–Kier alpha value is -0.0400. The first-order valence-corrected chi connectivity index (χ1v) is 7.40. The van der Waals surface area contributed by atoms with Crippen molar-refractivity contribution in [1.82, 2.24) is 0 Å². The van der Waals surface area contributed by atoms with Crippen molar-refractivity contribution >= 4 is 15.9 Å². The molecule has 0 aliphatic rings. The van der Waals surface area contributed by atoms with E-state index in [0.717, 1.165) is 11.8 Å². The largest absolute Gasteiger partial charge is 0.0928 e. The van der Waals surface area contributed by atoms with E-state index in [4.69, 9.17) is 0 Å². The minimum absolute atomic E-state index is 1.11. The summed E-state index contributed by atoms with van der Waals surface area (Å²) in [6, 6.07) is 0. The first kappa shape index (κ1) is 15.0. The zero-order valence-electron chi connectivity index (χ0n) is 10.1. The summed E-state index contributed by atoms with van der Waals surface area (Å²) in [5.41, 5.74) is 0. The van der Waals surface area contributed by atoms with Gasteiger partial charge in [0.25, 0.3) is 0 Å². The molecular formula is C14H25Br. The molecule has 0 spiro atoms. The Morgan fingerprint density at radius 1 is 0.800 bits per heavy atom. The zero-order valence-corrected chi connectivity index (χ0v) is 11.6. The highest BCUT2D eigenvalue weighted by Crippen LogP contribution is 2.02. The minimum Gasteiger partial charge on any atom is -0.0928 e. The third-order valence-electron chi connectivity index (χ3n) is 2.33. The highest BCUT2D eigenvalue weighted by molar-refractivity contribution is 9.09. The van der Waals surface area contributed by atoms with E-state index in [2.05, 4.69) is 47.2 Å². The Bertz CT molecular complexity index is 141. The maximum atomic E-state index is 3.44. The molecule has 1 heteroatoms. The first-order chi connectivity index (χ1) is 7.41. The van der Waals surface area contributed by atoms with Crippen LogP contribution in [-0.4, -0.2) is 5.33 Å². The summed E-state index contributed by atoms with van der Waals surface area (Å²) in [4.78, 5) is 0. The van der Waals surface area contributed by atoms with Gasteiger partial charge in [-0.25, -0.2) is 0 Å². The maximum absolute atomic E-state index is 3.44. The Labute approximate surface area is 104 Å². The van der Waals surface area contributed by atoms with Crippen molar-refractivity contribution in [2.45, 2.75) is 58.3 Å². The van der Waals surface area contributed by atoms with Gasteiger partial charge in [0.15, 0.2) is 0 Å². The number of hydrogen-bond acceptors (Lipinski definition) is 0. The van der Waals surface area contributed by atoms with E-state index in [1.807, 2.05) is 0 Å². The van der Waals surface area contributed by atoms with Crippen LogP contribution < -0.4 is 0 Å². The van der Waals surface area contributed by atoms with Gasteiger partial charge in [0.05, 0.1) is 0 Å². The number of allylic oxidation sites excluding steroid dienone is 4. The predicted octanol–water partition coefficient (Wildman–Crippen LogP) is 5.63. The molecule has 0 aromatic heterocycles. The average Bonchev–Trinajstić information content (AvgIpc) is 2.26. The van der Waals surface area contributed by atoms with Crippen molar-refractivity contribution in [1.29, 1.82) is 0 Å². The molecule has 0 saturated heterocycles. The van der Waals surface area contributed by atoms with Crippen LogP contribution in [0.25, 0.3) is 0 Å². The van der Waals surface area contributed by atoms with Gasteiger partial charge in [-0.2, -0.15) is 0 Å². The zero-order chi connectivity index (χ0) is 11.2. The molecule has 0 aliphatic heterocycles. The second-order valence-corrected chi connectivity index (χ2v) is 4.65. The van der Waals surface area contributed by atoms with Gasteiger partial charge in [-0.15, -0.1) is 0 Å². The van der Waals surface area contributed by atoms with Gasteiger partial charge in [-0.1, -0.05) is 60.0 Å². The molecule has 0 aromatic rings. The third-order valence-corrected chi connectivity index (χ3v) is 2.89. The maximum Gasteiger partial charge on any atom is 0.00314 e. The molecule has 0 fully saturated rings. The van der Waals surface area contributed by atoms with E-state index in [1.54, 1.807) is 0 Å². The van der Waals surface area contributed by atoms with Gasteiger partial charge < -0.3 is 0 Å². The van der Waals surface area contributed by atoms with Crippen LogP contribution in [0.3, 0.4) is 0 Å². The van der Waals surface area contributed by atoms with Crippen molar-refractivity contribution < 1.29 is 0 Å². The summed E-state index contributed by atoms with van der Waals surface area (Å²) >= 11 is 3.44. The lowest BCUT2D eigenvalue weighted by Crippen LogP contribution is -1.73. The minimum atomic E-state index is 1.11. The van der Waals surface area contributed by atoms with Gasteiger partial charge in [0.1, 0.15) is 0 Å². The molecule has 0 unspecified atom stereocenters. The Morgan fingerprint density at radius 2 is 1.40 bits per heavy atom. The molecule has 0 saturated carbocycles. The molecule has 15 heavy (non-hydrogen) atoms. The quantitative estimate of drug-likeness (QED) is 0.275. The molecule has 0 nitrogen and oxygen atoms in total. The number of alkyl halides is 1. The first-order valence-electron chi connectivity index (χ1n) is 6.27. The van der Waals surface area contributed by atoms with Gasteiger partial charge in [0.2, 0.25) is 0 Å². The molecule has 0 rings (SSSR count). The van der Waals surface area contributed by atoms with E-state index in [-0.39, 0.29) is 0 Å². The smallest absolute Gasteiger partial charge is 0.00314 e. The molecule has 0 aromatic carbocycles. The molecule has 88 valence electrons. The van der Waals surface area contributed by atoms with Crippen LogP contribution in [0.1, 0.15) is 58.3 Å². The van der Waals surface area contributed by atoms with E-state index < -0.39 is 0 Å². The van der Waals surface area contributed by atoms with Gasteiger partial charge >= 0.3 is 0 Å². The number of rotatable bonds is 10. The summed E-state index contributed by atoms with van der Waals surface area (Å²) in [5.74, 6) is 0. The van der Waals surface area contributed by atoms with Crippen LogP contribution in [0, 0.1) is 0 Å². The molecule has 0 radical (unpaired) electrons. The lowest BCUT2D eigenvalue weighted by molar-refractivity contribution is 0.728. The van der Waals surface area contributed by atoms with Crippen LogP contribution in [-0.2, 0) is 0 Å². The third kappa shape index (κ3) is 14.0. The Morgan fingerprint density at radius 3 is 1.93 bits per heavy atom. The van der Waals surface area contributed by atoms with Gasteiger partial charge in [-0.3, -0.25) is 0 Å². The van der Waals surface area contributed by atoms with Crippen molar-refractivity contribution in [2.75, 3.05) is 5.33 Å². The fourth-order valence-electron chi connectivity index (χ4n) is 1.38. The molecule has 0 heterocycles. The van der Waals surface area contributed by atoms with E-state index in [1.165, 1.54) is 44.9 Å². The SMILES string of the molecule is CCCCC/C=C\C/C=C\CCCCBr. The Kier molecular flexibility index (Phi) is 13.9. The van der Waals surface area contributed by atoms with Gasteiger partial charge in [0, 0.05) is 5.33 Å². The standard InChI is InChI=1S/C14H25Br/c1-2-3-4-5-6-7-8-9-10-11-12-13-14-15/h6-7,9-10H,2-5,8,11-14H2,1H3/b7-6-,10-9-. The summed E-state index contributed by atoms with van der Waals surface area (Å²) in [6.07, 6.45) is 19.4. The fourth-order valence-corrected chi connectivity index (χ4v) is 1.77. The molecule has 0 amide bonds. The van der Waals surface area contributed by atoms with Crippen molar-refractivity contribution in [3.05, 3.63) is 24.3 Å². The lowest BCUT2D eigenvalue weighted by atomic mass is 10.2. The number of unbranched alkanes of at least 4 members (excludes halogenated alkanes) is 5. The van der Waals surface area contributed by atoms with Crippen molar-refractivity contribution in [3.63, 3.8) is 0 Å². The predicted molar refractivity (Wildman–Crippen MR) is 74.7 cm³/mol. The number of halogens is 1. The van der Waals surface area contributed by atoms with E-state index in [0.29, 0.717) is 0 Å². The van der Waals surface area contributed by atoms with Crippen LogP contribution in [0.15, 0.2) is 24.3 Å². The number of hydrogen-bond donors (Lipinski definition) is 0. The van der Waals surface area contributed by atoms with Crippen LogP contribution in [0.2, 0.25) is 0 Å². The highest BCUT2D eigenvalue weighted by Gasteiger charge is 1.82. The summed E-state index contributed by atoms with van der Waals surface area (Å²) in [6.45, 7) is 2.25. The summed E-state index contributed by atoms with van der Waals surface area (Å²) in [7, 11) is 0. The molecule has 0 aliphatic carbocycles. The lowest BCUT2D eigenvalue weighted by Gasteiger charge is -1.91. The summed E-state index contributed by atoms with van der Waals surface area (Å²) in [5, 5.41) is 1.14. The summed E-state index contributed by atoms with van der Waals surface area (Å²) < 4.78 is 0. The van der Waals surface area contributed by atoms with Gasteiger partial charge in [-0.05, 0) is 38.5 Å². The van der Waals surface area contributed by atoms with Crippen LogP contribution in [0.4, 0.5) is 0 Å². The normalized spacial score (nSPS) is 11.9. The monoisotopic (exact) mass is 272 g/mol. The van der Waals surface area contributed by atoms with E-state index in [9.17, 15) is 0 Å². The highest BCUT2D eigenvalue weighted by atomic mass is 79.9. The second-order valence-electron chi connectivity index (χ2n) is 3.86. The topological polar surface area (TPSA) is 0 Å².